The molecule has 5 rings (SSSR count). The zero-order valence-electron chi connectivity index (χ0n) is 17.7. The summed E-state index contributed by atoms with van der Waals surface area (Å²) in [5.74, 6) is 2.54. The maximum Gasteiger partial charge on any atom is 0.213 e. The lowest BCUT2D eigenvalue weighted by atomic mass is 9.95. The molecule has 0 aliphatic carbocycles. The maximum atomic E-state index is 6.46. The molecule has 6 heteroatoms. The number of hydrazone groups is 1. The van der Waals surface area contributed by atoms with Crippen LogP contribution in [0.3, 0.4) is 0 Å². The van der Waals surface area contributed by atoms with Gasteiger partial charge in [-0.05, 0) is 66.4 Å². The number of rotatable bonds is 5. The molecule has 158 valence electrons. The van der Waals surface area contributed by atoms with Gasteiger partial charge in [-0.25, -0.2) is 5.01 Å². The van der Waals surface area contributed by atoms with Crippen LogP contribution < -0.4 is 14.2 Å². The molecule has 0 N–H and O–H groups in total. The third-order valence-electron chi connectivity index (χ3n) is 5.82. The molecule has 0 saturated carbocycles. The fourth-order valence-corrected chi connectivity index (χ4v) is 4.55. The molecule has 0 radical (unpaired) electrons. The second-order valence-corrected chi connectivity index (χ2v) is 8.40. The molecular formula is C25H24N2O3S. The van der Waals surface area contributed by atoms with Crippen LogP contribution in [0.15, 0.2) is 76.7 Å². The summed E-state index contributed by atoms with van der Waals surface area (Å²) in [5, 5.41) is 7.12. The number of thioether (sulfide) groups is 1. The second-order valence-electron chi connectivity index (χ2n) is 7.52. The van der Waals surface area contributed by atoms with Crippen molar-refractivity contribution in [3.8, 4) is 17.2 Å². The first kappa shape index (κ1) is 19.8. The largest absolute Gasteiger partial charge is 0.497 e. The molecule has 0 fully saturated rings. The van der Waals surface area contributed by atoms with Crippen LogP contribution in [0.1, 0.15) is 35.4 Å². The van der Waals surface area contributed by atoms with E-state index in [0.717, 1.165) is 46.1 Å². The molecule has 31 heavy (non-hydrogen) atoms. The smallest absolute Gasteiger partial charge is 0.213 e. The predicted molar refractivity (Wildman–Crippen MR) is 123 cm³/mol. The van der Waals surface area contributed by atoms with Crippen molar-refractivity contribution < 1.29 is 14.2 Å². The predicted octanol–water partition coefficient (Wildman–Crippen LogP) is 5.67. The number of hydrogen-bond acceptors (Lipinski definition) is 6. The molecule has 2 aliphatic heterocycles. The summed E-state index contributed by atoms with van der Waals surface area (Å²) < 4.78 is 17.2. The molecule has 5 nitrogen and oxygen atoms in total. The van der Waals surface area contributed by atoms with Crippen LogP contribution >= 0.6 is 11.8 Å². The zero-order chi connectivity index (χ0) is 21.4. The van der Waals surface area contributed by atoms with Crippen molar-refractivity contribution in [1.29, 1.82) is 0 Å². The number of fused-ring (bicyclic) bond motifs is 3. The summed E-state index contributed by atoms with van der Waals surface area (Å²) in [6, 6.07) is 22.7. The molecule has 3 aromatic rings. The summed E-state index contributed by atoms with van der Waals surface area (Å²) >= 11 is 1.73. The molecule has 2 atom stereocenters. The highest BCUT2D eigenvalue weighted by Gasteiger charge is 2.41. The van der Waals surface area contributed by atoms with Crippen LogP contribution in [0, 0.1) is 0 Å². The minimum atomic E-state index is -0.280. The molecular weight excluding hydrogens is 408 g/mol. The van der Waals surface area contributed by atoms with E-state index in [1.807, 2.05) is 24.3 Å². The monoisotopic (exact) mass is 432 g/mol. The Kier molecular flexibility index (Phi) is 5.24. The van der Waals surface area contributed by atoms with Gasteiger partial charge in [0, 0.05) is 22.4 Å². The first-order chi connectivity index (χ1) is 15.2. The van der Waals surface area contributed by atoms with Crippen LogP contribution in [0.5, 0.6) is 17.2 Å². The number of ether oxygens (including phenoxy) is 3. The minimum Gasteiger partial charge on any atom is -0.497 e. The van der Waals surface area contributed by atoms with Crippen molar-refractivity contribution in [2.45, 2.75) is 23.6 Å². The van der Waals surface area contributed by atoms with E-state index in [0.29, 0.717) is 0 Å². The Balaban J connectivity index is 1.56. The van der Waals surface area contributed by atoms with Gasteiger partial charge in [0.15, 0.2) is 0 Å². The third kappa shape index (κ3) is 3.61. The average molecular weight is 433 g/mol. The molecule has 0 saturated heterocycles. The molecule has 2 heterocycles. The minimum absolute atomic E-state index is 0.0844. The molecule has 0 aromatic heterocycles. The number of hydrogen-bond donors (Lipinski definition) is 0. The van der Waals surface area contributed by atoms with E-state index in [2.05, 4.69) is 53.7 Å². The summed E-state index contributed by atoms with van der Waals surface area (Å²) in [5.41, 5.74) is 4.32. The summed E-state index contributed by atoms with van der Waals surface area (Å²) in [6.07, 6.45) is 2.60. The molecule has 0 spiro atoms. The van der Waals surface area contributed by atoms with Gasteiger partial charge >= 0.3 is 0 Å². The van der Waals surface area contributed by atoms with Crippen LogP contribution in [0.2, 0.25) is 0 Å². The van der Waals surface area contributed by atoms with Crippen LogP contribution in [0.25, 0.3) is 0 Å². The SMILES string of the molecule is COc1ccc(C2=NN3[C@@H](c4ccc(SC)cc4)Oc4ccc(OC)cc4[C@@H]3C2)cc1. The van der Waals surface area contributed by atoms with Gasteiger partial charge in [-0.2, -0.15) is 5.10 Å². The Labute approximate surface area is 186 Å². The van der Waals surface area contributed by atoms with Gasteiger partial charge in [0.25, 0.3) is 0 Å². The first-order valence-electron chi connectivity index (χ1n) is 10.2. The first-order valence-corrected chi connectivity index (χ1v) is 11.4. The van der Waals surface area contributed by atoms with Crippen molar-refractivity contribution in [1.82, 2.24) is 5.01 Å². The van der Waals surface area contributed by atoms with Gasteiger partial charge in [0.1, 0.15) is 17.2 Å². The van der Waals surface area contributed by atoms with Gasteiger partial charge in [-0.3, -0.25) is 0 Å². The molecule has 0 unspecified atom stereocenters. The van der Waals surface area contributed by atoms with E-state index in [4.69, 9.17) is 19.3 Å². The Bertz CT molecular complexity index is 1110. The van der Waals surface area contributed by atoms with Gasteiger partial charge in [-0.1, -0.05) is 12.1 Å². The van der Waals surface area contributed by atoms with E-state index in [9.17, 15) is 0 Å². The summed E-state index contributed by atoms with van der Waals surface area (Å²) in [6.45, 7) is 0. The third-order valence-corrected chi connectivity index (χ3v) is 6.56. The van der Waals surface area contributed by atoms with Crippen LogP contribution in [-0.2, 0) is 0 Å². The number of methoxy groups -OCH3 is 2. The van der Waals surface area contributed by atoms with Crippen molar-refractivity contribution in [2.24, 2.45) is 5.10 Å². The van der Waals surface area contributed by atoms with Crippen LogP contribution in [0.4, 0.5) is 0 Å². The number of benzene rings is 3. The van der Waals surface area contributed by atoms with Crippen molar-refractivity contribution in [3.63, 3.8) is 0 Å². The maximum absolute atomic E-state index is 6.46. The van der Waals surface area contributed by atoms with E-state index in [-0.39, 0.29) is 12.3 Å². The lowest BCUT2D eigenvalue weighted by molar-refractivity contribution is -0.0191. The Morgan fingerprint density at radius 3 is 2.32 bits per heavy atom. The Morgan fingerprint density at radius 1 is 0.935 bits per heavy atom. The van der Waals surface area contributed by atoms with Crippen LogP contribution in [-0.4, -0.2) is 31.2 Å². The van der Waals surface area contributed by atoms with E-state index < -0.39 is 0 Å². The lowest BCUT2D eigenvalue weighted by Crippen LogP contribution is -2.33. The quantitative estimate of drug-likeness (QED) is 0.486. The highest BCUT2D eigenvalue weighted by atomic mass is 32.2. The molecule has 0 bridgehead atoms. The van der Waals surface area contributed by atoms with Crippen molar-refractivity contribution in [3.05, 3.63) is 83.4 Å². The van der Waals surface area contributed by atoms with Gasteiger partial charge in [-0.15, -0.1) is 11.8 Å². The second kappa shape index (κ2) is 8.19. The normalized spacial score (nSPS) is 19.2. The lowest BCUT2D eigenvalue weighted by Gasteiger charge is -2.38. The van der Waals surface area contributed by atoms with Crippen molar-refractivity contribution in [2.75, 3.05) is 20.5 Å². The highest BCUT2D eigenvalue weighted by molar-refractivity contribution is 7.98. The topological polar surface area (TPSA) is 43.3 Å². The van der Waals surface area contributed by atoms with Crippen molar-refractivity contribution >= 4 is 17.5 Å². The van der Waals surface area contributed by atoms with E-state index >= 15 is 0 Å². The highest BCUT2D eigenvalue weighted by Crippen LogP contribution is 2.48. The van der Waals surface area contributed by atoms with E-state index in [1.165, 1.54) is 4.90 Å². The molecule has 3 aromatic carbocycles. The van der Waals surface area contributed by atoms with Gasteiger partial charge in [0.05, 0.1) is 26.0 Å². The fraction of sp³-hybridized carbons (Fsp3) is 0.240. The van der Waals surface area contributed by atoms with Gasteiger partial charge < -0.3 is 14.2 Å². The van der Waals surface area contributed by atoms with Gasteiger partial charge in [0.2, 0.25) is 6.23 Å². The Hall–Kier alpha value is -3.12. The average Bonchev–Trinajstić information content (AvgIpc) is 3.29. The standard InChI is InChI=1S/C25H24N2O3S/c1-28-18-8-4-16(5-9-18)22-15-23-21-14-19(29-2)10-13-24(21)30-25(27(23)26-22)17-6-11-20(31-3)12-7-17/h4-14,23,25H,15H2,1-3H3/t23-,25+/m0/s1. The fourth-order valence-electron chi connectivity index (χ4n) is 4.14. The summed E-state index contributed by atoms with van der Waals surface area (Å²) in [7, 11) is 3.37. The molecule has 0 amide bonds. The summed E-state index contributed by atoms with van der Waals surface area (Å²) in [4.78, 5) is 1.23. The molecule has 2 aliphatic rings. The van der Waals surface area contributed by atoms with E-state index in [1.54, 1.807) is 26.0 Å². The Morgan fingerprint density at radius 2 is 1.65 bits per heavy atom. The number of nitrogens with zero attached hydrogens (tertiary/aromatic N) is 2. The zero-order valence-corrected chi connectivity index (χ0v) is 18.6.